The molecule has 1 aliphatic rings. The minimum Gasteiger partial charge on any atom is -0.316 e. The summed E-state index contributed by atoms with van der Waals surface area (Å²) in [5.41, 5.74) is 0.861. The zero-order chi connectivity index (χ0) is 13.0. The fourth-order valence-electron chi connectivity index (χ4n) is 2.06. The van der Waals surface area contributed by atoms with Gasteiger partial charge in [0.2, 0.25) is 0 Å². The SMILES string of the molecule is CCCc1cc(=O)[nH]c(SCC(NC)C2CC2)n1. The Balaban J connectivity index is 1.97. The van der Waals surface area contributed by atoms with Crippen LogP contribution < -0.4 is 10.9 Å². The smallest absolute Gasteiger partial charge is 0.251 e. The van der Waals surface area contributed by atoms with E-state index in [1.165, 1.54) is 12.8 Å². The lowest BCUT2D eigenvalue weighted by Gasteiger charge is -2.14. The van der Waals surface area contributed by atoms with Gasteiger partial charge in [0.25, 0.3) is 5.56 Å². The van der Waals surface area contributed by atoms with Gasteiger partial charge in [-0.3, -0.25) is 4.79 Å². The summed E-state index contributed by atoms with van der Waals surface area (Å²) in [5.74, 6) is 1.78. The monoisotopic (exact) mass is 267 g/mol. The third kappa shape index (κ3) is 3.85. The first-order valence-corrected chi connectivity index (χ1v) is 7.61. The molecule has 5 heteroatoms. The second-order valence-electron chi connectivity index (χ2n) is 4.84. The van der Waals surface area contributed by atoms with Gasteiger partial charge in [-0.2, -0.15) is 0 Å². The Bertz CT molecular complexity index is 442. The van der Waals surface area contributed by atoms with Crippen LogP contribution in [0.2, 0.25) is 0 Å². The molecule has 1 fully saturated rings. The molecule has 1 aliphatic carbocycles. The number of nitrogens with one attached hydrogen (secondary N) is 2. The van der Waals surface area contributed by atoms with Crippen molar-refractivity contribution in [2.75, 3.05) is 12.8 Å². The van der Waals surface area contributed by atoms with Gasteiger partial charge in [-0.25, -0.2) is 4.98 Å². The maximum atomic E-state index is 11.5. The average Bonchev–Trinajstić information content (AvgIpc) is 3.14. The quantitative estimate of drug-likeness (QED) is 0.584. The van der Waals surface area contributed by atoms with Gasteiger partial charge in [0.15, 0.2) is 5.16 Å². The van der Waals surface area contributed by atoms with E-state index < -0.39 is 0 Å². The van der Waals surface area contributed by atoms with Crippen LogP contribution in [-0.4, -0.2) is 28.8 Å². The Morgan fingerprint density at radius 1 is 1.61 bits per heavy atom. The Labute approximate surface area is 112 Å². The van der Waals surface area contributed by atoms with Crippen LogP contribution >= 0.6 is 11.8 Å². The number of hydrogen-bond acceptors (Lipinski definition) is 4. The van der Waals surface area contributed by atoms with Gasteiger partial charge in [-0.1, -0.05) is 25.1 Å². The van der Waals surface area contributed by atoms with Crippen LogP contribution in [-0.2, 0) is 6.42 Å². The zero-order valence-corrected chi connectivity index (χ0v) is 11.8. The van der Waals surface area contributed by atoms with Gasteiger partial charge in [0, 0.05) is 23.6 Å². The highest BCUT2D eigenvalue weighted by atomic mass is 32.2. The second-order valence-corrected chi connectivity index (χ2v) is 5.84. The highest BCUT2D eigenvalue weighted by molar-refractivity contribution is 7.99. The Hall–Kier alpha value is -0.810. The van der Waals surface area contributed by atoms with Gasteiger partial charge in [-0.05, 0) is 32.2 Å². The highest BCUT2D eigenvalue weighted by Crippen LogP contribution is 2.34. The van der Waals surface area contributed by atoms with Crippen molar-refractivity contribution in [3.63, 3.8) is 0 Å². The summed E-state index contributed by atoms with van der Waals surface area (Å²) < 4.78 is 0. The van der Waals surface area contributed by atoms with E-state index in [2.05, 4.69) is 22.2 Å². The van der Waals surface area contributed by atoms with Crippen molar-refractivity contribution in [2.45, 2.75) is 43.8 Å². The van der Waals surface area contributed by atoms with Gasteiger partial charge >= 0.3 is 0 Å². The summed E-state index contributed by atoms with van der Waals surface area (Å²) in [6.45, 7) is 2.10. The zero-order valence-electron chi connectivity index (χ0n) is 11.0. The molecule has 100 valence electrons. The number of nitrogens with zero attached hydrogens (tertiary/aromatic N) is 1. The summed E-state index contributed by atoms with van der Waals surface area (Å²) in [5, 5.41) is 4.10. The third-order valence-corrected chi connectivity index (χ3v) is 4.23. The van der Waals surface area contributed by atoms with Crippen molar-refractivity contribution < 1.29 is 0 Å². The first-order valence-electron chi connectivity index (χ1n) is 6.63. The fourth-order valence-corrected chi connectivity index (χ4v) is 3.19. The van der Waals surface area contributed by atoms with Crippen LogP contribution in [0.15, 0.2) is 16.0 Å². The summed E-state index contributed by atoms with van der Waals surface area (Å²) in [7, 11) is 2.01. The average molecular weight is 267 g/mol. The van der Waals surface area contributed by atoms with Crippen molar-refractivity contribution in [1.82, 2.24) is 15.3 Å². The third-order valence-electron chi connectivity index (χ3n) is 3.24. The van der Waals surface area contributed by atoms with Crippen LogP contribution in [0.25, 0.3) is 0 Å². The molecule has 0 spiro atoms. The molecule has 1 atom stereocenters. The largest absolute Gasteiger partial charge is 0.316 e. The number of H-pyrrole nitrogens is 1. The van der Waals surface area contributed by atoms with Crippen molar-refractivity contribution in [2.24, 2.45) is 5.92 Å². The molecule has 0 radical (unpaired) electrons. The lowest BCUT2D eigenvalue weighted by molar-refractivity contribution is 0.553. The van der Waals surface area contributed by atoms with Crippen LogP contribution in [0, 0.1) is 5.92 Å². The van der Waals surface area contributed by atoms with Crippen LogP contribution in [0.1, 0.15) is 31.9 Å². The Morgan fingerprint density at radius 3 is 3.00 bits per heavy atom. The molecule has 0 aliphatic heterocycles. The lowest BCUT2D eigenvalue weighted by Crippen LogP contribution is -2.30. The standard InChI is InChI=1S/C13H21N3OS/c1-3-4-10-7-12(17)16-13(15-10)18-8-11(14-2)9-5-6-9/h7,9,11,14H,3-6,8H2,1-2H3,(H,15,16,17). The fraction of sp³-hybridized carbons (Fsp3) is 0.692. The molecule has 1 saturated carbocycles. The molecule has 4 nitrogen and oxygen atoms in total. The van der Waals surface area contributed by atoms with E-state index >= 15 is 0 Å². The van der Waals surface area contributed by atoms with Crippen molar-refractivity contribution in [1.29, 1.82) is 0 Å². The van der Waals surface area contributed by atoms with E-state index in [-0.39, 0.29) is 5.56 Å². The molecule has 1 aromatic heterocycles. The molecule has 2 N–H and O–H groups in total. The first-order chi connectivity index (χ1) is 8.72. The summed E-state index contributed by atoms with van der Waals surface area (Å²) in [4.78, 5) is 18.8. The number of aromatic nitrogens is 2. The Morgan fingerprint density at radius 2 is 2.39 bits per heavy atom. The summed E-state index contributed by atoms with van der Waals surface area (Å²) in [6.07, 6.45) is 4.54. The van der Waals surface area contributed by atoms with Crippen LogP contribution in [0.3, 0.4) is 0 Å². The van der Waals surface area contributed by atoms with Crippen LogP contribution in [0.5, 0.6) is 0 Å². The topological polar surface area (TPSA) is 57.8 Å². The van der Waals surface area contributed by atoms with Crippen LogP contribution in [0.4, 0.5) is 0 Å². The van der Waals surface area contributed by atoms with E-state index in [4.69, 9.17) is 0 Å². The van der Waals surface area contributed by atoms with Gasteiger partial charge in [-0.15, -0.1) is 0 Å². The molecule has 1 aromatic rings. The molecule has 2 rings (SSSR count). The molecular formula is C13H21N3OS. The first kappa shape index (κ1) is 13.6. The predicted molar refractivity (Wildman–Crippen MR) is 75.1 cm³/mol. The predicted octanol–water partition coefficient (Wildman–Crippen LogP) is 1.81. The maximum absolute atomic E-state index is 11.5. The molecule has 0 bridgehead atoms. The highest BCUT2D eigenvalue weighted by Gasteiger charge is 2.30. The lowest BCUT2D eigenvalue weighted by atomic mass is 10.2. The second kappa shape index (κ2) is 6.38. The molecular weight excluding hydrogens is 246 g/mol. The number of thioether (sulfide) groups is 1. The minimum atomic E-state index is -0.0385. The van der Waals surface area contributed by atoms with Crippen molar-refractivity contribution in [3.05, 3.63) is 22.1 Å². The minimum absolute atomic E-state index is 0.0385. The van der Waals surface area contributed by atoms with E-state index in [9.17, 15) is 4.79 Å². The molecule has 1 heterocycles. The summed E-state index contributed by atoms with van der Waals surface area (Å²) in [6, 6.07) is 2.14. The van der Waals surface area contributed by atoms with E-state index in [0.717, 1.165) is 35.4 Å². The van der Waals surface area contributed by atoms with E-state index in [0.29, 0.717) is 6.04 Å². The number of rotatable bonds is 7. The maximum Gasteiger partial charge on any atom is 0.251 e. The number of aromatic amines is 1. The number of hydrogen-bond donors (Lipinski definition) is 2. The summed E-state index contributed by atoms with van der Waals surface area (Å²) >= 11 is 1.65. The molecule has 18 heavy (non-hydrogen) atoms. The molecule has 0 aromatic carbocycles. The Kier molecular flexibility index (Phi) is 4.83. The van der Waals surface area contributed by atoms with Crippen molar-refractivity contribution >= 4 is 11.8 Å². The van der Waals surface area contributed by atoms with Gasteiger partial charge in [0.1, 0.15) is 0 Å². The van der Waals surface area contributed by atoms with E-state index in [1.807, 2.05) is 7.05 Å². The molecule has 0 saturated heterocycles. The molecule has 0 amide bonds. The number of aryl methyl sites for hydroxylation is 1. The van der Waals surface area contributed by atoms with E-state index in [1.54, 1.807) is 17.8 Å². The normalized spacial score (nSPS) is 16.8. The van der Waals surface area contributed by atoms with Gasteiger partial charge in [0.05, 0.1) is 0 Å². The molecule has 1 unspecified atom stereocenters. The van der Waals surface area contributed by atoms with Crippen molar-refractivity contribution in [3.8, 4) is 0 Å². The van der Waals surface area contributed by atoms with Gasteiger partial charge < -0.3 is 10.3 Å².